The Balaban J connectivity index is 2.67. The standard InChI is InChI=1S/C4H2F4O3/c5-2-1(4(6,7)8)10-3(9)11-2/h1-2H/t1-,2-/m1/s1. The van der Waals surface area contributed by atoms with Crippen LogP contribution in [0.25, 0.3) is 0 Å². The van der Waals surface area contributed by atoms with Crippen molar-refractivity contribution < 1.29 is 31.8 Å². The van der Waals surface area contributed by atoms with Gasteiger partial charge in [0, 0.05) is 0 Å². The number of cyclic esters (lactones) is 2. The van der Waals surface area contributed by atoms with E-state index in [1.54, 1.807) is 0 Å². The Morgan fingerprint density at radius 2 is 1.82 bits per heavy atom. The average molecular weight is 174 g/mol. The lowest BCUT2D eigenvalue weighted by molar-refractivity contribution is -0.216. The van der Waals surface area contributed by atoms with Crippen LogP contribution in [0.2, 0.25) is 0 Å². The Kier molecular flexibility index (Phi) is 1.65. The summed E-state index contributed by atoms with van der Waals surface area (Å²) in [7, 11) is 0. The first-order chi connectivity index (χ1) is 4.91. The molecule has 0 spiro atoms. The second-order valence-electron chi connectivity index (χ2n) is 1.80. The fraction of sp³-hybridized carbons (Fsp3) is 0.750. The second kappa shape index (κ2) is 2.24. The number of carbonyl (C=O) groups is 1. The zero-order chi connectivity index (χ0) is 8.65. The summed E-state index contributed by atoms with van der Waals surface area (Å²) in [6.45, 7) is 0. The third kappa shape index (κ3) is 1.52. The van der Waals surface area contributed by atoms with E-state index in [2.05, 4.69) is 9.47 Å². The molecule has 1 aliphatic rings. The van der Waals surface area contributed by atoms with Gasteiger partial charge in [0.15, 0.2) is 0 Å². The summed E-state index contributed by atoms with van der Waals surface area (Å²) in [4.78, 5) is 9.93. The summed E-state index contributed by atoms with van der Waals surface area (Å²) in [6.07, 6.45) is -12.1. The molecule has 0 unspecified atom stereocenters. The molecule has 0 aliphatic carbocycles. The molecule has 3 nitrogen and oxygen atoms in total. The first-order valence-electron chi connectivity index (χ1n) is 2.49. The van der Waals surface area contributed by atoms with Gasteiger partial charge in [-0.2, -0.15) is 17.6 Å². The van der Waals surface area contributed by atoms with E-state index >= 15 is 0 Å². The molecule has 0 bridgehead atoms. The van der Waals surface area contributed by atoms with Gasteiger partial charge in [0.25, 0.3) is 12.5 Å². The molecule has 0 radical (unpaired) electrons. The van der Waals surface area contributed by atoms with E-state index in [1.165, 1.54) is 0 Å². The lowest BCUT2D eigenvalue weighted by Gasteiger charge is -2.11. The molecule has 0 saturated carbocycles. The summed E-state index contributed by atoms with van der Waals surface area (Å²) in [6, 6.07) is 0. The summed E-state index contributed by atoms with van der Waals surface area (Å²) < 4.78 is 53.7. The maximum atomic E-state index is 12.0. The van der Waals surface area contributed by atoms with E-state index in [0.717, 1.165) is 0 Å². The van der Waals surface area contributed by atoms with E-state index in [0.29, 0.717) is 0 Å². The van der Waals surface area contributed by atoms with Crippen molar-refractivity contribution in [3.63, 3.8) is 0 Å². The third-order valence-corrected chi connectivity index (χ3v) is 0.993. The number of halogens is 4. The summed E-state index contributed by atoms with van der Waals surface area (Å²) in [5.74, 6) is 0. The highest BCUT2D eigenvalue weighted by molar-refractivity contribution is 5.62. The number of hydrogen-bond acceptors (Lipinski definition) is 3. The van der Waals surface area contributed by atoms with Crippen LogP contribution in [0.4, 0.5) is 22.4 Å². The normalized spacial score (nSPS) is 31.5. The molecule has 0 aromatic rings. The maximum Gasteiger partial charge on any atom is 0.511 e. The molecule has 7 heteroatoms. The first-order valence-corrected chi connectivity index (χ1v) is 2.49. The number of carbonyl (C=O) groups excluding carboxylic acids is 1. The molecule has 11 heavy (non-hydrogen) atoms. The molecular weight excluding hydrogens is 172 g/mol. The van der Waals surface area contributed by atoms with Gasteiger partial charge in [0.2, 0.25) is 0 Å². The predicted octanol–water partition coefficient (Wildman–Crippen LogP) is 1.38. The van der Waals surface area contributed by atoms with Gasteiger partial charge in [-0.15, -0.1) is 0 Å². The minimum Gasteiger partial charge on any atom is -0.414 e. The van der Waals surface area contributed by atoms with Crippen molar-refractivity contribution in [2.24, 2.45) is 0 Å². The maximum absolute atomic E-state index is 12.0. The molecule has 0 aromatic carbocycles. The molecule has 0 N–H and O–H groups in total. The first kappa shape index (κ1) is 8.09. The Hall–Kier alpha value is -1.01. The van der Waals surface area contributed by atoms with E-state index in [1.807, 2.05) is 0 Å². The lowest BCUT2D eigenvalue weighted by Crippen LogP contribution is -2.35. The van der Waals surface area contributed by atoms with Crippen molar-refractivity contribution in [2.75, 3.05) is 0 Å². The minimum absolute atomic E-state index is 1.64. The molecule has 1 saturated heterocycles. The summed E-state index contributed by atoms with van der Waals surface area (Å²) >= 11 is 0. The molecule has 1 fully saturated rings. The Labute approximate surface area is 57.9 Å². The minimum atomic E-state index is -4.91. The van der Waals surface area contributed by atoms with Gasteiger partial charge < -0.3 is 9.47 Å². The molecule has 0 amide bonds. The quantitative estimate of drug-likeness (QED) is 0.411. The van der Waals surface area contributed by atoms with Crippen molar-refractivity contribution in [1.29, 1.82) is 0 Å². The Morgan fingerprint density at radius 3 is 2.00 bits per heavy atom. The topological polar surface area (TPSA) is 35.5 Å². The van der Waals surface area contributed by atoms with Crippen LogP contribution < -0.4 is 0 Å². The molecule has 64 valence electrons. The molecule has 2 atom stereocenters. The van der Waals surface area contributed by atoms with Gasteiger partial charge in [0.1, 0.15) is 0 Å². The van der Waals surface area contributed by atoms with Crippen LogP contribution in [0.5, 0.6) is 0 Å². The summed E-state index contributed by atoms with van der Waals surface area (Å²) in [5.41, 5.74) is 0. The smallest absolute Gasteiger partial charge is 0.414 e. The Morgan fingerprint density at radius 1 is 1.27 bits per heavy atom. The summed E-state index contributed by atoms with van der Waals surface area (Å²) in [5, 5.41) is 0. The third-order valence-electron chi connectivity index (χ3n) is 0.993. The Bertz CT molecular complexity index is 177. The van der Waals surface area contributed by atoms with Crippen LogP contribution in [-0.2, 0) is 9.47 Å². The predicted molar refractivity (Wildman–Crippen MR) is 22.3 cm³/mol. The fourth-order valence-electron chi connectivity index (χ4n) is 0.554. The highest BCUT2D eigenvalue weighted by Gasteiger charge is 2.55. The molecule has 1 aliphatic heterocycles. The molecular formula is C4H2F4O3. The highest BCUT2D eigenvalue weighted by Crippen LogP contribution is 2.31. The van der Waals surface area contributed by atoms with E-state index in [4.69, 9.17) is 0 Å². The highest BCUT2D eigenvalue weighted by atomic mass is 19.4. The van der Waals surface area contributed by atoms with Crippen LogP contribution in [-0.4, -0.2) is 24.8 Å². The van der Waals surface area contributed by atoms with E-state index < -0.39 is 24.8 Å². The van der Waals surface area contributed by atoms with Crippen molar-refractivity contribution in [2.45, 2.75) is 18.6 Å². The van der Waals surface area contributed by atoms with E-state index in [-0.39, 0.29) is 0 Å². The van der Waals surface area contributed by atoms with Crippen LogP contribution in [0.15, 0.2) is 0 Å². The van der Waals surface area contributed by atoms with Gasteiger partial charge in [-0.05, 0) is 0 Å². The van der Waals surface area contributed by atoms with Gasteiger partial charge in [-0.25, -0.2) is 4.79 Å². The van der Waals surface area contributed by atoms with Crippen molar-refractivity contribution >= 4 is 6.16 Å². The monoisotopic (exact) mass is 174 g/mol. The number of rotatable bonds is 0. The largest absolute Gasteiger partial charge is 0.511 e. The lowest BCUT2D eigenvalue weighted by atomic mass is 10.3. The van der Waals surface area contributed by atoms with Crippen LogP contribution in [0.1, 0.15) is 0 Å². The van der Waals surface area contributed by atoms with Crippen molar-refractivity contribution in [3.8, 4) is 0 Å². The van der Waals surface area contributed by atoms with Crippen LogP contribution in [0, 0.1) is 0 Å². The van der Waals surface area contributed by atoms with Gasteiger partial charge >= 0.3 is 12.3 Å². The molecule has 0 aromatic heterocycles. The number of alkyl halides is 4. The number of ether oxygens (including phenoxy) is 2. The average Bonchev–Trinajstić information content (AvgIpc) is 2.08. The second-order valence-corrected chi connectivity index (χ2v) is 1.80. The number of hydrogen-bond donors (Lipinski definition) is 0. The van der Waals surface area contributed by atoms with E-state index in [9.17, 15) is 22.4 Å². The SMILES string of the molecule is O=C1O[C@@H](F)[C@H](C(F)(F)F)O1. The zero-order valence-corrected chi connectivity index (χ0v) is 4.89. The van der Waals surface area contributed by atoms with Crippen molar-refractivity contribution in [1.82, 2.24) is 0 Å². The van der Waals surface area contributed by atoms with Crippen LogP contribution in [0.3, 0.4) is 0 Å². The van der Waals surface area contributed by atoms with Crippen molar-refractivity contribution in [3.05, 3.63) is 0 Å². The molecule has 1 heterocycles. The molecule has 1 rings (SSSR count). The van der Waals surface area contributed by atoms with Crippen LogP contribution >= 0.6 is 0 Å². The van der Waals surface area contributed by atoms with Gasteiger partial charge in [-0.3, -0.25) is 0 Å². The van der Waals surface area contributed by atoms with Gasteiger partial charge in [-0.1, -0.05) is 0 Å². The zero-order valence-electron chi connectivity index (χ0n) is 4.89. The fourth-order valence-corrected chi connectivity index (χ4v) is 0.554. The van der Waals surface area contributed by atoms with Gasteiger partial charge in [0.05, 0.1) is 0 Å².